The van der Waals surface area contributed by atoms with E-state index >= 15 is 0 Å². The number of aromatic nitrogens is 1. The number of halogens is 1. The topological polar surface area (TPSA) is 73.3 Å². The molecule has 0 fully saturated rings. The molecule has 4 rings (SSSR count). The summed E-state index contributed by atoms with van der Waals surface area (Å²) in [5.74, 6) is -2.97. The number of carboxylic acid groups (broad SMARTS) is 1. The van der Waals surface area contributed by atoms with E-state index in [9.17, 15) is 19.1 Å². The van der Waals surface area contributed by atoms with Gasteiger partial charge in [-0.15, -0.1) is 0 Å². The highest BCUT2D eigenvalue weighted by atomic mass is 19.1. The number of hydrogen-bond donors (Lipinski definition) is 0. The van der Waals surface area contributed by atoms with Crippen LogP contribution < -0.4 is 5.11 Å². The van der Waals surface area contributed by atoms with E-state index in [2.05, 4.69) is 4.98 Å². The minimum absolute atomic E-state index is 0.136. The fraction of sp³-hybridized carbons (Fsp3) is 0.136. The van der Waals surface area contributed by atoms with Crippen LogP contribution >= 0.6 is 0 Å². The van der Waals surface area contributed by atoms with E-state index in [4.69, 9.17) is 0 Å². The fourth-order valence-electron chi connectivity index (χ4n) is 3.73. The normalized spacial score (nSPS) is 18.6. The van der Waals surface area contributed by atoms with E-state index in [-0.39, 0.29) is 18.3 Å². The standard InChI is InChI=1S/C22H17FN2O3/c23-16-9-7-14(8-10-16)13-25-20(15-4-3-11-24-12-15)19(22(27)28)17-5-1-2-6-18(17)21(25)26/h1-12,19-20H,13H2,(H,27,28)/p-1/t19-,20-/m0/s1. The zero-order valence-electron chi connectivity index (χ0n) is 14.8. The van der Waals surface area contributed by atoms with Crippen LogP contribution in [0.3, 0.4) is 0 Å². The van der Waals surface area contributed by atoms with Gasteiger partial charge in [0, 0.05) is 30.4 Å². The molecule has 0 N–H and O–H groups in total. The zero-order chi connectivity index (χ0) is 19.7. The number of rotatable bonds is 4. The van der Waals surface area contributed by atoms with Gasteiger partial charge in [-0.25, -0.2) is 4.39 Å². The van der Waals surface area contributed by atoms with Crippen LogP contribution in [0, 0.1) is 5.82 Å². The molecule has 0 saturated carbocycles. The van der Waals surface area contributed by atoms with Crippen molar-refractivity contribution in [3.8, 4) is 0 Å². The van der Waals surface area contributed by atoms with Gasteiger partial charge in [-0.1, -0.05) is 36.4 Å². The van der Waals surface area contributed by atoms with Crippen molar-refractivity contribution in [2.45, 2.75) is 18.5 Å². The Kier molecular flexibility index (Phi) is 4.61. The Morgan fingerprint density at radius 3 is 2.50 bits per heavy atom. The number of fused-ring (bicyclic) bond motifs is 1. The number of nitrogens with zero attached hydrogens (tertiary/aromatic N) is 2. The minimum atomic E-state index is -1.27. The maximum Gasteiger partial charge on any atom is 0.255 e. The lowest BCUT2D eigenvalue weighted by molar-refractivity contribution is -0.309. The quantitative estimate of drug-likeness (QED) is 0.702. The number of hydrogen-bond acceptors (Lipinski definition) is 4. The molecule has 1 aliphatic rings. The van der Waals surface area contributed by atoms with Gasteiger partial charge in [-0.3, -0.25) is 9.78 Å². The first-order chi connectivity index (χ1) is 13.6. The molecule has 28 heavy (non-hydrogen) atoms. The summed E-state index contributed by atoms with van der Waals surface area (Å²) in [6, 6.07) is 15.1. The molecule has 5 nitrogen and oxygen atoms in total. The second kappa shape index (κ2) is 7.23. The Morgan fingerprint density at radius 2 is 1.82 bits per heavy atom. The van der Waals surface area contributed by atoms with Crippen LogP contribution in [-0.4, -0.2) is 21.8 Å². The number of benzene rings is 2. The average Bonchev–Trinajstić information content (AvgIpc) is 2.71. The molecule has 0 unspecified atom stereocenters. The Morgan fingerprint density at radius 1 is 1.07 bits per heavy atom. The smallest absolute Gasteiger partial charge is 0.255 e. The molecule has 6 heteroatoms. The first kappa shape index (κ1) is 17.9. The monoisotopic (exact) mass is 375 g/mol. The highest BCUT2D eigenvalue weighted by Crippen LogP contribution is 2.42. The van der Waals surface area contributed by atoms with Gasteiger partial charge in [0.25, 0.3) is 5.91 Å². The van der Waals surface area contributed by atoms with Gasteiger partial charge in [0.15, 0.2) is 0 Å². The van der Waals surface area contributed by atoms with Gasteiger partial charge in [0.1, 0.15) is 5.82 Å². The van der Waals surface area contributed by atoms with Crippen LogP contribution in [0.15, 0.2) is 73.1 Å². The molecule has 0 bridgehead atoms. The maximum atomic E-state index is 13.3. The van der Waals surface area contributed by atoms with Gasteiger partial charge >= 0.3 is 0 Å². The molecule has 2 heterocycles. The lowest BCUT2D eigenvalue weighted by Crippen LogP contribution is -2.47. The highest BCUT2D eigenvalue weighted by Gasteiger charge is 2.41. The molecule has 3 aromatic rings. The van der Waals surface area contributed by atoms with Gasteiger partial charge in [-0.05, 0) is 41.0 Å². The summed E-state index contributed by atoms with van der Waals surface area (Å²) in [6.07, 6.45) is 3.14. The molecule has 2 atom stereocenters. The molecule has 0 aliphatic carbocycles. The van der Waals surface area contributed by atoms with Gasteiger partial charge in [0.2, 0.25) is 0 Å². The van der Waals surface area contributed by atoms with Gasteiger partial charge < -0.3 is 14.8 Å². The lowest BCUT2D eigenvalue weighted by Gasteiger charge is -2.42. The van der Waals surface area contributed by atoms with Crippen LogP contribution in [0.25, 0.3) is 0 Å². The van der Waals surface area contributed by atoms with E-state index in [0.717, 1.165) is 0 Å². The van der Waals surface area contributed by atoms with Crippen molar-refractivity contribution in [3.63, 3.8) is 0 Å². The van der Waals surface area contributed by atoms with Crippen molar-refractivity contribution in [1.29, 1.82) is 0 Å². The van der Waals surface area contributed by atoms with Crippen molar-refractivity contribution in [1.82, 2.24) is 9.88 Å². The molecule has 1 amide bonds. The van der Waals surface area contributed by atoms with E-state index in [0.29, 0.717) is 22.3 Å². The summed E-state index contributed by atoms with van der Waals surface area (Å²) in [6.45, 7) is 0.136. The predicted molar refractivity (Wildman–Crippen MR) is 97.4 cm³/mol. The fourth-order valence-corrected chi connectivity index (χ4v) is 3.73. The van der Waals surface area contributed by atoms with E-state index in [1.165, 1.54) is 17.0 Å². The second-order valence-corrected chi connectivity index (χ2v) is 6.67. The van der Waals surface area contributed by atoms with Crippen molar-refractivity contribution >= 4 is 11.9 Å². The third kappa shape index (κ3) is 3.13. The maximum absolute atomic E-state index is 13.3. The van der Waals surface area contributed by atoms with Crippen LogP contribution in [0.4, 0.5) is 4.39 Å². The third-order valence-corrected chi connectivity index (χ3v) is 4.98. The summed E-state index contributed by atoms with van der Waals surface area (Å²) in [5, 5.41) is 12.1. The largest absolute Gasteiger partial charge is 0.549 e. The molecular formula is C22H16FN2O3-. The van der Waals surface area contributed by atoms with Gasteiger partial charge in [-0.2, -0.15) is 0 Å². The number of aliphatic carboxylic acids is 1. The lowest BCUT2D eigenvalue weighted by atomic mass is 9.80. The molecular weight excluding hydrogens is 359 g/mol. The van der Waals surface area contributed by atoms with E-state index in [1.54, 1.807) is 60.9 Å². The summed E-state index contributed by atoms with van der Waals surface area (Å²) >= 11 is 0. The van der Waals surface area contributed by atoms with Crippen LogP contribution in [0.5, 0.6) is 0 Å². The number of carbonyl (C=O) groups excluding carboxylic acids is 2. The molecule has 1 aromatic heterocycles. The number of carboxylic acids is 1. The second-order valence-electron chi connectivity index (χ2n) is 6.67. The summed E-state index contributed by atoms with van der Waals surface area (Å²) in [5.41, 5.74) is 2.05. The number of carbonyl (C=O) groups is 2. The number of pyridine rings is 1. The van der Waals surface area contributed by atoms with Crippen LogP contribution in [0.1, 0.15) is 39.0 Å². The molecule has 0 saturated heterocycles. The first-order valence-electron chi connectivity index (χ1n) is 8.81. The number of amides is 1. The molecule has 2 aromatic carbocycles. The predicted octanol–water partition coefficient (Wildman–Crippen LogP) is 2.45. The minimum Gasteiger partial charge on any atom is -0.549 e. The first-order valence-corrected chi connectivity index (χ1v) is 8.81. The van der Waals surface area contributed by atoms with Crippen LogP contribution in [0.2, 0.25) is 0 Å². The Bertz CT molecular complexity index is 1020. The molecule has 0 radical (unpaired) electrons. The Hall–Kier alpha value is -3.54. The van der Waals surface area contributed by atoms with Crippen molar-refractivity contribution in [3.05, 3.63) is 101 Å². The summed E-state index contributed by atoms with van der Waals surface area (Å²) < 4.78 is 13.3. The molecule has 1 aliphatic heterocycles. The SMILES string of the molecule is O=C([O-])[C@H]1c2ccccc2C(=O)N(Cc2ccc(F)cc2)[C@H]1c1cccnc1. The zero-order valence-corrected chi connectivity index (χ0v) is 14.8. The Labute approximate surface area is 161 Å². The average molecular weight is 375 g/mol. The third-order valence-electron chi connectivity index (χ3n) is 4.98. The van der Waals surface area contributed by atoms with Crippen LogP contribution in [-0.2, 0) is 11.3 Å². The Balaban J connectivity index is 1.86. The summed E-state index contributed by atoms with van der Waals surface area (Å²) in [7, 11) is 0. The van der Waals surface area contributed by atoms with Crippen molar-refractivity contribution in [2.75, 3.05) is 0 Å². The van der Waals surface area contributed by atoms with Crippen molar-refractivity contribution < 1.29 is 19.1 Å². The van der Waals surface area contributed by atoms with Gasteiger partial charge in [0.05, 0.1) is 12.0 Å². The highest BCUT2D eigenvalue weighted by molar-refractivity contribution is 6.00. The van der Waals surface area contributed by atoms with E-state index < -0.39 is 17.9 Å². The van der Waals surface area contributed by atoms with E-state index in [1.807, 2.05) is 0 Å². The van der Waals surface area contributed by atoms with Crippen molar-refractivity contribution in [2.24, 2.45) is 0 Å². The molecule has 140 valence electrons. The summed E-state index contributed by atoms with van der Waals surface area (Å²) in [4.78, 5) is 31.0. The molecule has 0 spiro atoms.